The number of carbonyl (C=O) groups is 1. The fraction of sp³-hybridized carbons (Fsp3) is 0.562. The summed E-state index contributed by atoms with van der Waals surface area (Å²) in [5.74, 6) is 0.791. The van der Waals surface area contributed by atoms with Crippen LogP contribution in [0.2, 0.25) is 0 Å². The van der Waals surface area contributed by atoms with Crippen LogP contribution in [0.3, 0.4) is 0 Å². The van der Waals surface area contributed by atoms with Crippen molar-refractivity contribution in [2.75, 3.05) is 25.0 Å². The van der Waals surface area contributed by atoms with E-state index in [2.05, 4.69) is 17.1 Å². The Bertz CT molecular complexity index is 438. The van der Waals surface area contributed by atoms with Gasteiger partial charge in [-0.15, -0.1) is 11.6 Å². The van der Waals surface area contributed by atoms with E-state index in [9.17, 15) is 4.79 Å². The molecule has 1 fully saturated rings. The van der Waals surface area contributed by atoms with E-state index in [0.29, 0.717) is 0 Å². The molecule has 0 bridgehead atoms. The Balaban J connectivity index is 1.88. The summed E-state index contributed by atoms with van der Waals surface area (Å²) in [6, 6.07) is 7.81. The Morgan fingerprint density at radius 3 is 2.50 bits per heavy atom. The smallest absolute Gasteiger partial charge is 0.221 e. The molecule has 0 radical (unpaired) electrons. The van der Waals surface area contributed by atoms with Crippen LogP contribution >= 0.6 is 11.6 Å². The Hall–Kier alpha value is -1.06. The average molecular weight is 295 g/mol. The first kappa shape index (κ1) is 15.3. The fourth-order valence-corrected chi connectivity index (χ4v) is 2.90. The molecule has 1 unspecified atom stereocenters. The van der Waals surface area contributed by atoms with Crippen LogP contribution in [0, 0.1) is 5.92 Å². The zero-order valence-electron chi connectivity index (χ0n) is 12.2. The predicted molar refractivity (Wildman–Crippen MR) is 84.2 cm³/mol. The lowest BCUT2D eigenvalue weighted by atomic mass is 9.99. The van der Waals surface area contributed by atoms with Gasteiger partial charge in [-0.2, -0.15) is 0 Å². The Kier molecular flexibility index (Phi) is 5.44. The van der Waals surface area contributed by atoms with Crippen molar-refractivity contribution in [3.05, 3.63) is 29.8 Å². The second-order valence-corrected chi connectivity index (χ2v) is 6.28. The molecule has 1 aromatic rings. The lowest BCUT2D eigenvalue weighted by Crippen LogP contribution is -2.35. The number of benzene rings is 1. The summed E-state index contributed by atoms with van der Waals surface area (Å²) in [5, 5.41) is 2.77. The van der Waals surface area contributed by atoms with E-state index in [1.165, 1.54) is 19.8 Å². The average Bonchev–Trinajstić information content (AvgIpc) is 2.41. The van der Waals surface area contributed by atoms with Crippen LogP contribution in [0.4, 0.5) is 5.69 Å². The number of rotatable bonds is 4. The van der Waals surface area contributed by atoms with Gasteiger partial charge in [-0.3, -0.25) is 4.79 Å². The molecule has 20 heavy (non-hydrogen) atoms. The maximum Gasteiger partial charge on any atom is 0.221 e. The van der Waals surface area contributed by atoms with Gasteiger partial charge in [-0.1, -0.05) is 19.1 Å². The predicted octanol–water partition coefficient (Wildman–Crippen LogP) is 3.66. The number of carbonyl (C=O) groups excluding carboxylic acids is 1. The Morgan fingerprint density at radius 1 is 1.35 bits per heavy atom. The topological polar surface area (TPSA) is 32.3 Å². The summed E-state index contributed by atoms with van der Waals surface area (Å²) in [7, 11) is 0. The highest BCUT2D eigenvalue weighted by Crippen LogP contribution is 2.25. The van der Waals surface area contributed by atoms with Crippen molar-refractivity contribution in [1.29, 1.82) is 0 Å². The quantitative estimate of drug-likeness (QED) is 0.860. The largest absolute Gasteiger partial charge is 0.326 e. The summed E-state index contributed by atoms with van der Waals surface area (Å²) in [4.78, 5) is 13.4. The van der Waals surface area contributed by atoms with Crippen LogP contribution in [0.25, 0.3) is 0 Å². The lowest BCUT2D eigenvalue weighted by Gasteiger charge is -2.31. The highest BCUT2D eigenvalue weighted by atomic mass is 35.5. The van der Waals surface area contributed by atoms with Crippen molar-refractivity contribution in [3.8, 4) is 0 Å². The first-order valence-corrected chi connectivity index (χ1v) is 7.72. The molecular weight excluding hydrogens is 272 g/mol. The molecule has 0 aromatic heterocycles. The van der Waals surface area contributed by atoms with Gasteiger partial charge in [-0.25, -0.2) is 0 Å². The monoisotopic (exact) mass is 294 g/mol. The van der Waals surface area contributed by atoms with Crippen molar-refractivity contribution >= 4 is 23.2 Å². The molecule has 0 saturated carbocycles. The highest BCUT2D eigenvalue weighted by molar-refractivity contribution is 6.21. The second kappa shape index (κ2) is 7.09. The van der Waals surface area contributed by atoms with Crippen molar-refractivity contribution in [1.82, 2.24) is 4.90 Å². The van der Waals surface area contributed by atoms with Crippen LogP contribution in [0.1, 0.15) is 37.6 Å². The molecule has 1 N–H and O–H groups in total. The van der Waals surface area contributed by atoms with Crippen molar-refractivity contribution in [2.45, 2.75) is 32.1 Å². The van der Waals surface area contributed by atoms with Crippen molar-refractivity contribution < 1.29 is 4.79 Å². The van der Waals surface area contributed by atoms with Gasteiger partial charge in [0, 0.05) is 19.2 Å². The number of alkyl halides is 1. The summed E-state index contributed by atoms with van der Waals surface area (Å²) in [6.45, 7) is 7.02. The van der Waals surface area contributed by atoms with Gasteiger partial charge in [-0.05, 0) is 49.5 Å². The first-order chi connectivity index (χ1) is 9.54. The minimum atomic E-state index is -0.0531. The number of piperidine rings is 1. The molecule has 3 nitrogen and oxygen atoms in total. The molecule has 1 atom stereocenters. The fourth-order valence-electron chi connectivity index (χ4n) is 2.56. The van der Waals surface area contributed by atoms with Gasteiger partial charge in [0.2, 0.25) is 5.91 Å². The third-order valence-electron chi connectivity index (χ3n) is 3.89. The van der Waals surface area contributed by atoms with E-state index in [-0.39, 0.29) is 11.3 Å². The maximum absolute atomic E-state index is 11.0. The van der Waals surface area contributed by atoms with Gasteiger partial charge in [0.15, 0.2) is 0 Å². The summed E-state index contributed by atoms with van der Waals surface area (Å²) in [6.07, 6.45) is 2.54. The van der Waals surface area contributed by atoms with Gasteiger partial charge < -0.3 is 10.2 Å². The van der Waals surface area contributed by atoms with Crippen LogP contribution < -0.4 is 5.32 Å². The third-order valence-corrected chi connectivity index (χ3v) is 4.28. The first-order valence-electron chi connectivity index (χ1n) is 7.28. The van der Waals surface area contributed by atoms with Gasteiger partial charge in [0.05, 0.1) is 5.38 Å². The molecule has 1 aliphatic rings. The zero-order valence-corrected chi connectivity index (χ0v) is 13.0. The summed E-state index contributed by atoms with van der Waals surface area (Å²) in [5.41, 5.74) is 1.93. The minimum absolute atomic E-state index is 0.00906. The van der Waals surface area contributed by atoms with Gasteiger partial charge in [0.1, 0.15) is 0 Å². The van der Waals surface area contributed by atoms with E-state index in [4.69, 9.17) is 11.6 Å². The molecule has 1 saturated heterocycles. The summed E-state index contributed by atoms with van der Waals surface area (Å²) < 4.78 is 0. The maximum atomic E-state index is 11.0. The second-order valence-electron chi connectivity index (χ2n) is 5.75. The minimum Gasteiger partial charge on any atom is -0.326 e. The number of likely N-dealkylation sites (tertiary alicyclic amines) is 1. The van der Waals surface area contributed by atoms with E-state index in [1.807, 2.05) is 24.3 Å². The van der Waals surface area contributed by atoms with Gasteiger partial charge in [0.25, 0.3) is 0 Å². The normalized spacial score (nSPS) is 18.8. The molecule has 0 aliphatic carbocycles. The standard InChI is InChI=1S/C16H23ClN2O/c1-12-7-9-19(10-8-12)11-16(17)14-3-5-15(6-4-14)18-13(2)20/h3-6,12,16H,7-11H2,1-2H3,(H,18,20). The molecule has 1 amide bonds. The molecule has 2 rings (SSSR count). The van der Waals surface area contributed by atoms with Crippen LogP contribution in [-0.2, 0) is 4.79 Å². The lowest BCUT2D eigenvalue weighted by molar-refractivity contribution is -0.114. The number of hydrogen-bond acceptors (Lipinski definition) is 2. The number of nitrogens with one attached hydrogen (secondary N) is 1. The number of halogens is 1. The number of anilines is 1. The zero-order chi connectivity index (χ0) is 14.5. The Labute approximate surface area is 126 Å². The molecule has 110 valence electrons. The molecule has 1 aliphatic heterocycles. The summed E-state index contributed by atoms with van der Waals surface area (Å²) >= 11 is 6.51. The van der Waals surface area contributed by atoms with E-state index in [1.54, 1.807) is 0 Å². The molecule has 4 heteroatoms. The molecule has 1 aromatic carbocycles. The SMILES string of the molecule is CC(=O)Nc1ccc(C(Cl)CN2CCC(C)CC2)cc1. The number of hydrogen-bond donors (Lipinski definition) is 1. The van der Waals surface area contributed by atoms with Crippen LogP contribution in [-0.4, -0.2) is 30.4 Å². The molecule has 0 spiro atoms. The van der Waals surface area contributed by atoms with E-state index >= 15 is 0 Å². The van der Waals surface area contributed by atoms with Crippen molar-refractivity contribution in [3.63, 3.8) is 0 Å². The number of amides is 1. The molecular formula is C16H23ClN2O. The van der Waals surface area contributed by atoms with Crippen molar-refractivity contribution in [2.24, 2.45) is 5.92 Å². The third kappa shape index (κ3) is 4.50. The number of nitrogens with zero attached hydrogens (tertiary/aromatic N) is 1. The van der Waals surface area contributed by atoms with E-state index in [0.717, 1.165) is 36.8 Å². The van der Waals surface area contributed by atoms with E-state index < -0.39 is 0 Å². The Morgan fingerprint density at radius 2 is 1.95 bits per heavy atom. The molecule has 1 heterocycles. The van der Waals surface area contributed by atoms with Crippen LogP contribution in [0.5, 0.6) is 0 Å². The van der Waals surface area contributed by atoms with Crippen LogP contribution in [0.15, 0.2) is 24.3 Å². The highest BCUT2D eigenvalue weighted by Gasteiger charge is 2.19. The van der Waals surface area contributed by atoms with Gasteiger partial charge >= 0.3 is 0 Å².